The van der Waals surface area contributed by atoms with E-state index in [-0.39, 0.29) is 5.91 Å². The highest BCUT2D eigenvalue weighted by molar-refractivity contribution is 6.31. The summed E-state index contributed by atoms with van der Waals surface area (Å²) in [5, 5.41) is 4.86. The lowest BCUT2D eigenvalue weighted by atomic mass is 10.1. The molecule has 1 heterocycles. The number of aromatic nitrogens is 1. The number of fused-ring (bicyclic) bond motifs is 1. The van der Waals surface area contributed by atoms with Crippen molar-refractivity contribution in [2.45, 2.75) is 25.9 Å². The summed E-state index contributed by atoms with van der Waals surface area (Å²) in [6, 6.07) is 26.4. The van der Waals surface area contributed by atoms with Crippen LogP contribution in [0.3, 0.4) is 0 Å². The SMILES string of the molecule is O=C(CCc1cn(Cc2ccccc2)c2ccccc12)NCc1ccccc1Cl. The van der Waals surface area contributed by atoms with Gasteiger partial charge in [-0.1, -0.05) is 78.3 Å². The maximum atomic E-state index is 12.4. The molecule has 4 rings (SSSR count). The van der Waals surface area contributed by atoms with E-state index in [0.29, 0.717) is 24.4 Å². The number of nitrogens with one attached hydrogen (secondary N) is 1. The number of carbonyl (C=O) groups is 1. The molecule has 3 nitrogen and oxygen atoms in total. The Hall–Kier alpha value is -3.04. The molecule has 29 heavy (non-hydrogen) atoms. The van der Waals surface area contributed by atoms with E-state index >= 15 is 0 Å². The molecule has 0 saturated carbocycles. The Morgan fingerprint density at radius 3 is 2.41 bits per heavy atom. The summed E-state index contributed by atoms with van der Waals surface area (Å²) >= 11 is 6.16. The Balaban J connectivity index is 1.44. The van der Waals surface area contributed by atoms with Crippen LogP contribution in [0.4, 0.5) is 0 Å². The van der Waals surface area contributed by atoms with Crippen LogP contribution in [0.1, 0.15) is 23.1 Å². The topological polar surface area (TPSA) is 34.0 Å². The molecule has 0 atom stereocenters. The van der Waals surface area contributed by atoms with Crippen molar-refractivity contribution in [3.8, 4) is 0 Å². The van der Waals surface area contributed by atoms with Gasteiger partial charge in [-0.25, -0.2) is 0 Å². The molecule has 3 aromatic carbocycles. The van der Waals surface area contributed by atoms with Gasteiger partial charge in [-0.05, 0) is 35.2 Å². The molecule has 4 aromatic rings. The van der Waals surface area contributed by atoms with Crippen molar-refractivity contribution in [1.82, 2.24) is 9.88 Å². The van der Waals surface area contributed by atoms with E-state index in [0.717, 1.165) is 12.1 Å². The number of para-hydroxylation sites is 1. The van der Waals surface area contributed by atoms with Gasteiger partial charge < -0.3 is 9.88 Å². The van der Waals surface area contributed by atoms with Gasteiger partial charge in [-0.15, -0.1) is 0 Å². The van der Waals surface area contributed by atoms with Gasteiger partial charge >= 0.3 is 0 Å². The molecule has 0 aliphatic carbocycles. The van der Waals surface area contributed by atoms with E-state index < -0.39 is 0 Å². The fraction of sp³-hybridized carbons (Fsp3) is 0.160. The summed E-state index contributed by atoms with van der Waals surface area (Å²) in [5.74, 6) is 0.0322. The quantitative estimate of drug-likeness (QED) is 0.429. The number of aryl methyl sites for hydroxylation is 1. The maximum Gasteiger partial charge on any atom is 0.220 e. The largest absolute Gasteiger partial charge is 0.352 e. The monoisotopic (exact) mass is 402 g/mol. The Kier molecular flexibility index (Phi) is 5.97. The number of nitrogens with zero attached hydrogens (tertiary/aromatic N) is 1. The predicted molar refractivity (Wildman–Crippen MR) is 119 cm³/mol. The molecule has 1 amide bonds. The van der Waals surface area contributed by atoms with Crippen molar-refractivity contribution in [1.29, 1.82) is 0 Å². The maximum absolute atomic E-state index is 12.4. The first-order chi connectivity index (χ1) is 14.2. The van der Waals surface area contributed by atoms with Crippen molar-refractivity contribution in [3.63, 3.8) is 0 Å². The van der Waals surface area contributed by atoms with Crippen LogP contribution in [-0.2, 0) is 24.3 Å². The third kappa shape index (κ3) is 4.69. The van der Waals surface area contributed by atoms with Crippen molar-refractivity contribution < 1.29 is 4.79 Å². The van der Waals surface area contributed by atoms with Crippen molar-refractivity contribution in [3.05, 3.63) is 107 Å². The van der Waals surface area contributed by atoms with Crippen molar-refractivity contribution in [2.75, 3.05) is 0 Å². The number of benzene rings is 3. The molecule has 0 fully saturated rings. The summed E-state index contributed by atoms with van der Waals surface area (Å²) < 4.78 is 2.27. The minimum Gasteiger partial charge on any atom is -0.352 e. The molecule has 146 valence electrons. The first-order valence-electron chi connectivity index (χ1n) is 9.81. The first-order valence-corrected chi connectivity index (χ1v) is 10.2. The molecular weight excluding hydrogens is 380 g/mol. The summed E-state index contributed by atoms with van der Waals surface area (Å²) in [4.78, 5) is 12.4. The van der Waals surface area contributed by atoms with Gasteiger partial charge in [-0.2, -0.15) is 0 Å². The van der Waals surface area contributed by atoms with Gasteiger partial charge in [0.05, 0.1) is 0 Å². The normalized spacial score (nSPS) is 10.9. The molecular formula is C25H23ClN2O. The molecule has 1 aromatic heterocycles. The number of rotatable bonds is 7. The molecule has 0 aliphatic rings. The second-order valence-corrected chi connectivity index (χ2v) is 7.56. The Bertz CT molecular complexity index is 1120. The van der Waals surface area contributed by atoms with Gasteiger partial charge in [0.2, 0.25) is 5.91 Å². The van der Waals surface area contributed by atoms with Crippen LogP contribution >= 0.6 is 11.6 Å². The summed E-state index contributed by atoms with van der Waals surface area (Å²) in [6.07, 6.45) is 3.33. The van der Waals surface area contributed by atoms with Crippen LogP contribution in [0.2, 0.25) is 5.02 Å². The third-order valence-electron chi connectivity index (χ3n) is 5.12. The average molecular weight is 403 g/mol. The average Bonchev–Trinajstić information content (AvgIpc) is 3.10. The smallest absolute Gasteiger partial charge is 0.220 e. The van der Waals surface area contributed by atoms with E-state index in [1.165, 1.54) is 22.0 Å². The van der Waals surface area contributed by atoms with Gasteiger partial charge in [0.25, 0.3) is 0 Å². The lowest BCUT2D eigenvalue weighted by molar-refractivity contribution is -0.121. The highest BCUT2D eigenvalue weighted by Gasteiger charge is 2.11. The predicted octanol–water partition coefficient (Wildman–Crippen LogP) is 5.59. The molecule has 0 aliphatic heterocycles. The highest BCUT2D eigenvalue weighted by atomic mass is 35.5. The standard InChI is InChI=1S/C25H23ClN2O/c26-23-12-6-4-10-20(23)16-27-25(29)15-14-21-18-28(17-19-8-2-1-3-9-19)24-13-7-5-11-22(21)24/h1-13,18H,14-17H2,(H,27,29). The number of hydrogen-bond acceptors (Lipinski definition) is 1. The highest BCUT2D eigenvalue weighted by Crippen LogP contribution is 2.23. The molecule has 0 spiro atoms. The van der Waals surface area contributed by atoms with Crippen LogP contribution in [-0.4, -0.2) is 10.5 Å². The summed E-state index contributed by atoms with van der Waals surface area (Å²) in [6.45, 7) is 1.27. The van der Waals surface area contributed by atoms with Crippen LogP contribution in [0.5, 0.6) is 0 Å². The van der Waals surface area contributed by atoms with Gasteiger partial charge in [-0.3, -0.25) is 4.79 Å². The van der Waals surface area contributed by atoms with Crippen LogP contribution < -0.4 is 5.32 Å². The zero-order chi connectivity index (χ0) is 20.1. The number of halogens is 1. The Morgan fingerprint density at radius 1 is 0.862 bits per heavy atom. The number of hydrogen-bond donors (Lipinski definition) is 1. The fourth-order valence-electron chi connectivity index (χ4n) is 3.61. The first kappa shape index (κ1) is 19.3. The number of amides is 1. The zero-order valence-electron chi connectivity index (χ0n) is 16.1. The number of carbonyl (C=O) groups excluding carboxylic acids is 1. The van der Waals surface area contributed by atoms with E-state index in [9.17, 15) is 4.79 Å². The molecule has 0 bridgehead atoms. The summed E-state index contributed by atoms with van der Waals surface area (Å²) in [7, 11) is 0. The molecule has 0 radical (unpaired) electrons. The van der Waals surface area contributed by atoms with Crippen molar-refractivity contribution >= 4 is 28.4 Å². The minimum atomic E-state index is 0.0322. The third-order valence-corrected chi connectivity index (χ3v) is 5.49. The Morgan fingerprint density at radius 2 is 1.59 bits per heavy atom. The second kappa shape index (κ2) is 8.97. The molecule has 0 unspecified atom stereocenters. The van der Waals surface area contributed by atoms with Crippen LogP contribution in [0, 0.1) is 0 Å². The van der Waals surface area contributed by atoms with E-state index in [1.807, 2.05) is 30.3 Å². The van der Waals surface area contributed by atoms with Gasteiger partial charge in [0.15, 0.2) is 0 Å². The minimum absolute atomic E-state index is 0.0322. The van der Waals surface area contributed by atoms with Crippen LogP contribution in [0.25, 0.3) is 10.9 Å². The van der Waals surface area contributed by atoms with Gasteiger partial charge in [0.1, 0.15) is 0 Å². The zero-order valence-corrected chi connectivity index (χ0v) is 16.9. The van der Waals surface area contributed by atoms with Crippen LogP contribution in [0.15, 0.2) is 85.1 Å². The lowest BCUT2D eigenvalue weighted by Crippen LogP contribution is -2.23. The van der Waals surface area contributed by atoms with E-state index in [4.69, 9.17) is 11.6 Å². The summed E-state index contributed by atoms with van der Waals surface area (Å²) in [5.41, 5.74) is 4.59. The van der Waals surface area contributed by atoms with E-state index in [1.54, 1.807) is 0 Å². The fourth-order valence-corrected chi connectivity index (χ4v) is 3.81. The molecule has 4 heteroatoms. The van der Waals surface area contributed by atoms with Gasteiger partial charge in [0, 0.05) is 41.6 Å². The molecule has 1 N–H and O–H groups in total. The lowest BCUT2D eigenvalue weighted by Gasteiger charge is -2.06. The molecule has 0 saturated heterocycles. The van der Waals surface area contributed by atoms with E-state index in [2.05, 4.69) is 64.6 Å². The second-order valence-electron chi connectivity index (χ2n) is 7.15. The van der Waals surface area contributed by atoms with Crippen molar-refractivity contribution in [2.24, 2.45) is 0 Å². The Labute approximate surface area is 175 Å².